The predicted octanol–water partition coefficient (Wildman–Crippen LogP) is 3.33. The van der Waals surface area contributed by atoms with E-state index in [1.54, 1.807) is 6.20 Å². The predicted molar refractivity (Wildman–Crippen MR) is 70.5 cm³/mol. The lowest BCUT2D eigenvalue weighted by atomic mass is 10.1. The summed E-state index contributed by atoms with van der Waals surface area (Å²) >= 11 is 6.10. The Balaban J connectivity index is 2.07. The molecule has 1 aliphatic heterocycles. The fraction of sp³-hybridized carbons (Fsp3) is 0.308. The summed E-state index contributed by atoms with van der Waals surface area (Å²) in [4.78, 5) is 2.39. The summed E-state index contributed by atoms with van der Waals surface area (Å²) in [5, 5.41) is 7.82. The highest BCUT2D eigenvalue weighted by Crippen LogP contribution is 2.33. The minimum absolute atomic E-state index is 0.787. The van der Waals surface area contributed by atoms with Crippen LogP contribution < -0.4 is 4.90 Å². The first-order valence-electron chi connectivity index (χ1n) is 5.89. The molecule has 1 aromatic carbocycles. The summed E-state index contributed by atoms with van der Waals surface area (Å²) in [7, 11) is 0. The van der Waals surface area contributed by atoms with Gasteiger partial charge in [-0.15, -0.1) is 0 Å². The van der Waals surface area contributed by atoms with Gasteiger partial charge < -0.3 is 4.90 Å². The van der Waals surface area contributed by atoms with E-state index in [2.05, 4.69) is 21.2 Å². The molecule has 3 rings (SSSR count). The van der Waals surface area contributed by atoms with Crippen LogP contribution in [0.3, 0.4) is 0 Å². The van der Waals surface area contributed by atoms with Crippen molar-refractivity contribution in [2.45, 2.75) is 12.8 Å². The van der Waals surface area contributed by atoms with Gasteiger partial charge in [-0.25, -0.2) is 0 Å². The normalized spacial score (nSPS) is 15.5. The number of aromatic amines is 1. The number of aromatic nitrogens is 2. The molecule has 1 saturated heterocycles. The Labute approximate surface area is 105 Å². The highest BCUT2D eigenvalue weighted by molar-refractivity contribution is 6.31. The Morgan fingerprint density at radius 2 is 2.00 bits per heavy atom. The molecule has 88 valence electrons. The summed E-state index contributed by atoms with van der Waals surface area (Å²) in [5.41, 5.74) is 3.43. The molecule has 1 aliphatic rings. The molecule has 0 amide bonds. The zero-order valence-corrected chi connectivity index (χ0v) is 10.2. The molecule has 1 fully saturated rings. The number of rotatable bonds is 2. The van der Waals surface area contributed by atoms with Gasteiger partial charge in [0.2, 0.25) is 0 Å². The molecule has 0 saturated carbocycles. The van der Waals surface area contributed by atoms with Crippen molar-refractivity contribution in [3.63, 3.8) is 0 Å². The van der Waals surface area contributed by atoms with Crippen LogP contribution in [0.4, 0.5) is 5.69 Å². The van der Waals surface area contributed by atoms with Crippen LogP contribution in [0.25, 0.3) is 11.3 Å². The summed E-state index contributed by atoms with van der Waals surface area (Å²) in [5.74, 6) is 0. The van der Waals surface area contributed by atoms with Gasteiger partial charge in [0.15, 0.2) is 0 Å². The van der Waals surface area contributed by atoms with Crippen LogP contribution in [0.1, 0.15) is 12.8 Å². The quantitative estimate of drug-likeness (QED) is 0.883. The van der Waals surface area contributed by atoms with E-state index in [0.717, 1.165) is 23.8 Å². The van der Waals surface area contributed by atoms with Gasteiger partial charge in [0.25, 0.3) is 0 Å². The Morgan fingerprint density at radius 1 is 1.18 bits per heavy atom. The number of hydrogen-bond acceptors (Lipinski definition) is 2. The molecule has 0 unspecified atom stereocenters. The van der Waals surface area contributed by atoms with Crippen molar-refractivity contribution in [2.24, 2.45) is 0 Å². The van der Waals surface area contributed by atoms with Crippen LogP contribution in [0, 0.1) is 0 Å². The molecule has 1 aromatic heterocycles. The second-order valence-electron chi connectivity index (χ2n) is 4.33. The van der Waals surface area contributed by atoms with Crippen LogP contribution in [-0.2, 0) is 0 Å². The number of H-pyrrole nitrogens is 1. The van der Waals surface area contributed by atoms with Crippen LogP contribution in [-0.4, -0.2) is 23.3 Å². The molecule has 0 atom stereocenters. The number of hydrogen-bond donors (Lipinski definition) is 1. The van der Waals surface area contributed by atoms with Crippen molar-refractivity contribution in [3.8, 4) is 11.3 Å². The van der Waals surface area contributed by atoms with E-state index in [9.17, 15) is 0 Å². The lowest BCUT2D eigenvalue weighted by Gasteiger charge is -2.21. The molecule has 0 radical (unpaired) electrons. The number of halogens is 1. The van der Waals surface area contributed by atoms with Crippen LogP contribution in [0.2, 0.25) is 5.02 Å². The third-order valence-corrected chi connectivity index (χ3v) is 3.43. The van der Waals surface area contributed by atoms with Crippen molar-refractivity contribution in [1.29, 1.82) is 0 Å². The summed E-state index contributed by atoms with van der Waals surface area (Å²) in [6.07, 6.45) is 4.29. The topological polar surface area (TPSA) is 31.9 Å². The first kappa shape index (κ1) is 10.7. The van der Waals surface area contributed by atoms with E-state index >= 15 is 0 Å². The summed E-state index contributed by atoms with van der Waals surface area (Å²) in [6.45, 7) is 2.23. The van der Waals surface area contributed by atoms with Crippen molar-refractivity contribution in [2.75, 3.05) is 18.0 Å². The Bertz CT molecular complexity index is 501. The van der Waals surface area contributed by atoms with Crippen molar-refractivity contribution in [3.05, 3.63) is 35.5 Å². The largest absolute Gasteiger partial charge is 0.371 e. The molecule has 4 heteroatoms. The first-order valence-corrected chi connectivity index (χ1v) is 6.26. The molecule has 1 N–H and O–H groups in total. The van der Waals surface area contributed by atoms with E-state index in [1.165, 1.54) is 24.1 Å². The standard InChI is InChI=1S/C13H14ClN3/c14-10-3-4-11(12-5-6-15-16-12)13(9-10)17-7-1-2-8-17/h3-6,9H,1-2,7-8H2,(H,15,16). The minimum Gasteiger partial charge on any atom is -0.371 e. The maximum absolute atomic E-state index is 6.10. The van der Waals surface area contributed by atoms with E-state index in [0.29, 0.717) is 0 Å². The van der Waals surface area contributed by atoms with Crippen molar-refractivity contribution in [1.82, 2.24) is 10.2 Å². The molecule has 0 aliphatic carbocycles. The lowest BCUT2D eigenvalue weighted by molar-refractivity contribution is 0.949. The number of nitrogens with one attached hydrogen (secondary N) is 1. The Morgan fingerprint density at radius 3 is 2.71 bits per heavy atom. The third-order valence-electron chi connectivity index (χ3n) is 3.20. The van der Waals surface area contributed by atoms with Gasteiger partial charge in [-0.3, -0.25) is 5.10 Å². The fourth-order valence-electron chi connectivity index (χ4n) is 2.36. The van der Waals surface area contributed by atoms with Gasteiger partial charge in [-0.1, -0.05) is 11.6 Å². The molecule has 2 aromatic rings. The van der Waals surface area contributed by atoms with Gasteiger partial charge in [0, 0.05) is 35.6 Å². The van der Waals surface area contributed by atoms with Gasteiger partial charge in [0.1, 0.15) is 0 Å². The second kappa shape index (κ2) is 4.41. The lowest BCUT2D eigenvalue weighted by Crippen LogP contribution is -2.18. The molecule has 3 nitrogen and oxygen atoms in total. The van der Waals surface area contributed by atoms with Gasteiger partial charge >= 0.3 is 0 Å². The van der Waals surface area contributed by atoms with Crippen LogP contribution in [0.5, 0.6) is 0 Å². The molecular weight excluding hydrogens is 234 g/mol. The number of nitrogens with zero attached hydrogens (tertiary/aromatic N) is 2. The van der Waals surface area contributed by atoms with Gasteiger partial charge in [-0.05, 0) is 37.1 Å². The monoisotopic (exact) mass is 247 g/mol. The molecule has 17 heavy (non-hydrogen) atoms. The first-order chi connectivity index (χ1) is 8.34. The smallest absolute Gasteiger partial charge is 0.0670 e. The summed E-state index contributed by atoms with van der Waals surface area (Å²) in [6, 6.07) is 8.02. The van der Waals surface area contributed by atoms with E-state index in [1.807, 2.05) is 18.2 Å². The van der Waals surface area contributed by atoms with E-state index < -0.39 is 0 Å². The Hall–Kier alpha value is -1.48. The van der Waals surface area contributed by atoms with Gasteiger partial charge in [0.05, 0.1) is 5.69 Å². The zero-order valence-electron chi connectivity index (χ0n) is 9.49. The summed E-state index contributed by atoms with van der Waals surface area (Å²) < 4.78 is 0. The Kier molecular flexibility index (Phi) is 2.77. The second-order valence-corrected chi connectivity index (χ2v) is 4.76. The van der Waals surface area contributed by atoms with E-state index in [-0.39, 0.29) is 0 Å². The number of benzene rings is 1. The number of anilines is 1. The maximum atomic E-state index is 6.10. The zero-order chi connectivity index (χ0) is 11.7. The molecule has 0 spiro atoms. The molecular formula is C13H14ClN3. The average Bonchev–Trinajstić information content (AvgIpc) is 3.02. The third kappa shape index (κ3) is 2.03. The average molecular weight is 248 g/mol. The van der Waals surface area contributed by atoms with Gasteiger partial charge in [-0.2, -0.15) is 5.10 Å². The molecule has 0 bridgehead atoms. The van der Waals surface area contributed by atoms with E-state index in [4.69, 9.17) is 11.6 Å². The van der Waals surface area contributed by atoms with Crippen LogP contribution in [0.15, 0.2) is 30.5 Å². The maximum Gasteiger partial charge on any atom is 0.0670 e. The SMILES string of the molecule is Clc1ccc(-c2ccn[nH]2)c(N2CCCC2)c1. The molecule has 2 heterocycles. The highest BCUT2D eigenvalue weighted by atomic mass is 35.5. The van der Waals surface area contributed by atoms with Crippen molar-refractivity contribution >= 4 is 17.3 Å². The minimum atomic E-state index is 0.787. The van der Waals surface area contributed by atoms with Crippen molar-refractivity contribution < 1.29 is 0 Å². The fourth-order valence-corrected chi connectivity index (χ4v) is 2.52. The highest BCUT2D eigenvalue weighted by Gasteiger charge is 2.17. The van der Waals surface area contributed by atoms with Crippen LogP contribution >= 0.6 is 11.6 Å².